The van der Waals surface area contributed by atoms with Gasteiger partial charge in [-0.2, -0.15) is 0 Å². The van der Waals surface area contributed by atoms with Crippen molar-refractivity contribution in [3.8, 4) is 5.75 Å². The molecule has 0 spiro atoms. The van der Waals surface area contributed by atoms with Crippen molar-refractivity contribution in [3.05, 3.63) is 57.7 Å². The van der Waals surface area contributed by atoms with E-state index >= 15 is 0 Å². The Morgan fingerprint density at radius 3 is 2.62 bits per heavy atom. The van der Waals surface area contributed by atoms with E-state index in [-0.39, 0.29) is 10.8 Å². The highest BCUT2D eigenvalue weighted by Gasteiger charge is 2.15. The Balaban J connectivity index is 1.71. The molecule has 1 aromatic heterocycles. The fourth-order valence-corrected chi connectivity index (χ4v) is 3.25. The number of hydrogen-bond donors (Lipinski definition) is 1. The summed E-state index contributed by atoms with van der Waals surface area (Å²) in [6, 6.07) is 13.0. The molecule has 3 aromatic rings. The highest BCUT2D eigenvalue weighted by Crippen LogP contribution is 2.21. The van der Waals surface area contributed by atoms with Crippen molar-refractivity contribution < 1.29 is 9.53 Å². The van der Waals surface area contributed by atoms with E-state index in [1.807, 2.05) is 37.3 Å². The maximum Gasteiger partial charge on any atom is 0.307 e. The minimum atomic E-state index is -0.627. The maximum absolute atomic E-state index is 12.3. The van der Waals surface area contributed by atoms with Crippen molar-refractivity contribution in [2.75, 3.05) is 5.32 Å². The molecule has 1 N–H and O–H groups in total. The first kappa shape index (κ1) is 16.3. The van der Waals surface area contributed by atoms with Crippen molar-refractivity contribution in [3.63, 3.8) is 0 Å². The molecule has 0 bridgehead atoms. The molecule has 124 valence electrons. The van der Waals surface area contributed by atoms with Crippen LogP contribution in [0, 0.1) is 6.92 Å². The van der Waals surface area contributed by atoms with Crippen molar-refractivity contribution in [1.82, 2.24) is 4.57 Å². The molecule has 0 fully saturated rings. The normalized spacial score (nSPS) is 12.1. The summed E-state index contributed by atoms with van der Waals surface area (Å²) in [7, 11) is 1.73. The molecule has 0 aliphatic heterocycles. The van der Waals surface area contributed by atoms with Gasteiger partial charge in [0, 0.05) is 12.7 Å². The number of nitrogens with one attached hydrogen (secondary N) is 1. The van der Waals surface area contributed by atoms with E-state index in [1.165, 1.54) is 0 Å². The van der Waals surface area contributed by atoms with Gasteiger partial charge in [0.1, 0.15) is 5.75 Å². The maximum atomic E-state index is 12.3. The Hall–Kier alpha value is -2.60. The molecule has 3 rings (SSSR count). The average molecular weight is 342 g/mol. The minimum absolute atomic E-state index is 0.0236. The first-order valence-electron chi connectivity index (χ1n) is 7.58. The number of thiazole rings is 1. The van der Waals surface area contributed by atoms with Crippen LogP contribution in [-0.4, -0.2) is 16.6 Å². The molecule has 1 atom stereocenters. The molecule has 0 aliphatic carbocycles. The Kier molecular flexibility index (Phi) is 4.40. The SMILES string of the molecule is Cc1ccc(O[C@@H](C)C(=O)Nc2ccc3c(c2)sc(=O)n3C)cc1. The van der Waals surface area contributed by atoms with Crippen LogP contribution in [0.4, 0.5) is 5.69 Å². The zero-order valence-corrected chi connectivity index (χ0v) is 14.5. The summed E-state index contributed by atoms with van der Waals surface area (Å²) in [6.07, 6.45) is -0.627. The summed E-state index contributed by atoms with van der Waals surface area (Å²) < 4.78 is 8.08. The van der Waals surface area contributed by atoms with Crippen molar-refractivity contribution >= 4 is 33.1 Å². The van der Waals surface area contributed by atoms with Gasteiger partial charge in [0.2, 0.25) is 0 Å². The number of amides is 1. The van der Waals surface area contributed by atoms with Crippen molar-refractivity contribution in [2.24, 2.45) is 7.05 Å². The molecular weight excluding hydrogens is 324 g/mol. The third kappa shape index (κ3) is 3.33. The Morgan fingerprint density at radius 2 is 1.92 bits per heavy atom. The predicted molar refractivity (Wildman–Crippen MR) is 97.0 cm³/mol. The molecule has 24 heavy (non-hydrogen) atoms. The number of carbonyl (C=O) groups excluding carboxylic acids is 1. The highest BCUT2D eigenvalue weighted by atomic mass is 32.1. The fraction of sp³-hybridized carbons (Fsp3) is 0.222. The molecule has 0 radical (unpaired) electrons. The van der Waals surface area contributed by atoms with Crippen LogP contribution in [0.5, 0.6) is 5.75 Å². The summed E-state index contributed by atoms with van der Waals surface area (Å²) in [4.78, 5) is 24.0. The van der Waals surface area contributed by atoms with E-state index in [1.54, 1.807) is 30.7 Å². The summed E-state index contributed by atoms with van der Waals surface area (Å²) >= 11 is 1.16. The van der Waals surface area contributed by atoms with Gasteiger partial charge in [-0.05, 0) is 44.2 Å². The van der Waals surface area contributed by atoms with Gasteiger partial charge in [0.25, 0.3) is 5.91 Å². The number of rotatable bonds is 4. The molecule has 5 nitrogen and oxygen atoms in total. The van der Waals surface area contributed by atoms with Crippen LogP contribution in [0.15, 0.2) is 47.3 Å². The van der Waals surface area contributed by atoms with Crippen molar-refractivity contribution in [1.29, 1.82) is 0 Å². The number of ether oxygens (including phenoxy) is 1. The smallest absolute Gasteiger partial charge is 0.307 e. The van der Waals surface area contributed by atoms with Crippen LogP contribution in [0.1, 0.15) is 12.5 Å². The molecule has 0 unspecified atom stereocenters. The topological polar surface area (TPSA) is 60.3 Å². The van der Waals surface area contributed by atoms with Gasteiger partial charge in [0.05, 0.1) is 10.2 Å². The predicted octanol–water partition coefficient (Wildman–Crippen LogP) is 3.31. The van der Waals surface area contributed by atoms with E-state index in [9.17, 15) is 9.59 Å². The molecule has 0 saturated carbocycles. The van der Waals surface area contributed by atoms with Gasteiger partial charge in [-0.3, -0.25) is 9.59 Å². The van der Waals surface area contributed by atoms with Crippen LogP contribution in [0.2, 0.25) is 0 Å². The standard InChI is InChI=1S/C18H18N2O3S/c1-11-4-7-14(8-5-11)23-12(2)17(21)19-13-6-9-15-16(10-13)24-18(22)20(15)3/h4-10,12H,1-3H3,(H,19,21)/t12-/m0/s1. The van der Waals surface area contributed by atoms with E-state index in [0.717, 1.165) is 27.1 Å². The van der Waals surface area contributed by atoms with Gasteiger partial charge in [-0.1, -0.05) is 29.0 Å². The lowest BCUT2D eigenvalue weighted by Crippen LogP contribution is -2.30. The highest BCUT2D eigenvalue weighted by molar-refractivity contribution is 7.16. The summed E-state index contributed by atoms with van der Waals surface area (Å²) in [5.41, 5.74) is 2.63. The average Bonchev–Trinajstić information content (AvgIpc) is 2.83. The lowest BCUT2D eigenvalue weighted by molar-refractivity contribution is -0.122. The monoisotopic (exact) mass is 342 g/mol. The van der Waals surface area contributed by atoms with Gasteiger partial charge in [0.15, 0.2) is 6.10 Å². The van der Waals surface area contributed by atoms with E-state index < -0.39 is 6.10 Å². The Bertz CT molecular complexity index is 941. The number of nitrogens with zero attached hydrogens (tertiary/aromatic N) is 1. The summed E-state index contributed by atoms with van der Waals surface area (Å²) in [5, 5.41) is 2.83. The quantitative estimate of drug-likeness (QED) is 0.791. The van der Waals surface area contributed by atoms with E-state index in [0.29, 0.717) is 11.4 Å². The summed E-state index contributed by atoms with van der Waals surface area (Å²) in [6.45, 7) is 3.70. The number of benzene rings is 2. The first-order chi connectivity index (χ1) is 11.4. The second kappa shape index (κ2) is 6.49. The van der Waals surface area contributed by atoms with Crippen LogP contribution in [0.25, 0.3) is 10.2 Å². The van der Waals surface area contributed by atoms with Gasteiger partial charge < -0.3 is 14.6 Å². The second-order valence-electron chi connectivity index (χ2n) is 5.67. The van der Waals surface area contributed by atoms with Gasteiger partial charge >= 0.3 is 4.87 Å². The largest absolute Gasteiger partial charge is 0.481 e. The number of aromatic nitrogens is 1. The first-order valence-corrected chi connectivity index (χ1v) is 8.39. The lowest BCUT2D eigenvalue weighted by atomic mass is 10.2. The lowest BCUT2D eigenvalue weighted by Gasteiger charge is -2.15. The van der Waals surface area contributed by atoms with Gasteiger partial charge in [-0.15, -0.1) is 0 Å². The third-order valence-corrected chi connectivity index (χ3v) is 4.76. The van der Waals surface area contributed by atoms with Crippen LogP contribution >= 0.6 is 11.3 Å². The molecular formula is C18H18N2O3S. The minimum Gasteiger partial charge on any atom is -0.481 e. The molecule has 0 saturated heterocycles. The molecule has 0 aliphatic rings. The Morgan fingerprint density at radius 1 is 1.21 bits per heavy atom. The number of carbonyl (C=O) groups is 1. The molecule has 1 heterocycles. The van der Waals surface area contributed by atoms with E-state index in [4.69, 9.17) is 4.74 Å². The zero-order chi connectivity index (χ0) is 17.3. The second-order valence-corrected chi connectivity index (χ2v) is 6.67. The Labute approximate surface area is 143 Å². The number of anilines is 1. The van der Waals surface area contributed by atoms with E-state index in [2.05, 4.69) is 5.32 Å². The van der Waals surface area contributed by atoms with Crippen LogP contribution < -0.4 is 14.9 Å². The zero-order valence-electron chi connectivity index (χ0n) is 13.7. The summed E-state index contributed by atoms with van der Waals surface area (Å²) in [5.74, 6) is 0.415. The fourth-order valence-electron chi connectivity index (χ4n) is 2.33. The van der Waals surface area contributed by atoms with Crippen molar-refractivity contribution in [2.45, 2.75) is 20.0 Å². The molecule has 2 aromatic carbocycles. The molecule has 6 heteroatoms. The number of aryl methyl sites for hydroxylation is 2. The molecule has 1 amide bonds. The third-order valence-electron chi connectivity index (χ3n) is 3.76. The number of hydrogen-bond acceptors (Lipinski definition) is 4. The van der Waals surface area contributed by atoms with Gasteiger partial charge in [-0.25, -0.2) is 0 Å². The number of fused-ring (bicyclic) bond motifs is 1. The van der Waals surface area contributed by atoms with Crippen LogP contribution in [0.3, 0.4) is 0 Å². The van der Waals surface area contributed by atoms with Crippen LogP contribution in [-0.2, 0) is 11.8 Å².